The molecule has 21 heavy (non-hydrogen) atoms. The lowest BCUT2D eigenvalue weighted by molar-refractivity contribution is -0.113. The summed E-state index contributed by atoms with van der Waals surface area (Å²) in [6.07, 6.45) is 0. The highest BCUT2D eigenvalue weighted by atomic mass is 32.2. The lowest BCUT2D eigenvalue weighted by atomic mass is 10.1. The lowest BCUT2D eigenvalue weighted by Gasteiger charge is -2.14. The molecule has 0 aromatic heterocycles. The molecule has 0 heterocycles. The van der Waals surface area contributed by atoms with E-state index < -0.39 is 0 Å². The van der Waals surface area contributed by atoms with Gasteiger partial charge in [0.05, 0.1) is 5.75 Å². The van der Waals surface area contributed by atoms with Crippen molar-refractivity contribution in [1.82, 2.24) is 0 Å². The van der Waals surface area contributed by atoms with Crippen molar-refractivity contribution in [2.45, 2.75) is 26.0 Å². The average Bonchev–Trinajstić information content (AvgIpc) is 2.49. The molecule has 0 saturated heterocycles. The van der Waals surface area contributed by atoms with Gasteiger partial charge in [-0.05, 0) is 37.5 Å². The van der Waals surface area contributed by atoms with Gasteiger partial charge in [-0.15, -0.1) is 11.8 Å². The van der Waals surface area contributed by atoms with Gasteiger partial charge in [-0.25, -0.2) is 0 Å². The molecule has 3 heteroatoms. The van der Waals surface area contributed by atoms with Crippen molar-refractivity contribution in [3.63, 3.8) is 0 Å². The maximum atomic E-state index is 12.1. The molecule has 110 valence electrons. The molecule has 0 fully saturated rings. The minimum Gasteiger partial charge on any atom is -0.325 e. The number of anilines is 1. The van der Waals surface area contributed by atoms with Crippen LogP contribution in [0.2, 0.25) is 0 Å². The zero-order valence-electron chi connectivity index (χ0n) is 12.7. The van der Waals surface area contributed by atoms with Gasteiger partial charge in [0.2, 0.25) is 5.91 Å². The van der Waals surface area contributed by atoms with Crippen LogP contribution in [0.3, 0.4) is 0 Å². The van der Waals surface area contributed by atoms with Gasteiger partial charge in [0, 0.05) is 10.9 Å². The van der Waals surface area contributed by atoms with E-state index in [9.17, 15) is 4.79 Å². The number of rotatable bonds is 5. The number of carbonyl (C=O) groups excluding carboxylic acids is 1. The van der Waals surface area contributed by atoms with Crippen LogP contribution in [-0.4, -0.2) is 11.7 Å². The first-order valence-electron chi connectivity index (χ1n) is 7.10. The Balaban J connectivity index is 1.91. The van der Waals surface area contributed by atoms with Gasteiger partial charge in [-0.1, -0.05) is 48.5 Å². The van der Waals surface area contributed by atoms with Gasteiger partial charge in [0.1, 0.15) is 0 Å². The Morgan fingerprint density at radius 2 is 1.67 bits per heavy atom. The van der Waals surface area contributed by atoms with E-state index in [1.54, 1.807) is 11.8 Å². The van der Waals surface area contributed by atoms with Crippen LogP contribution in [0.25, 0.3) is 0 Å². The van der Waals surface area contributed by atoms with Gasteiger partial charge in [0.25, 0.3) is 0 Å². The summed E-state index contributed by atoms with van der Waals surface area (Å²) >= 11 is 1.66. The molecule has 0 radical (unpaired) electrons. The summed E-state index contributed by atoms with van der Waals surface area (Å²) in [6, 6.07) is 16.3. The average molecular weight is 299 g/mol. The Bertz CT molecular complexity index is 590. The molecule has 0 aliphatic carbocycles. The third-order valence-corrected chi connectivity index (χ3v) is 4.68. The van der Waals surface area contributed by atoms with E-state index in [-0.39, 0.29) is 5.91 Å². The first-order valence-corrected chi connectivity index (χ1v) is 8.15. The van der Waals surface area contributed by atoms with Gasteiger partial charge in [-0.3, -0.25) is 4.79 Å². The van der Waals surface area contributed by atoms with Crippen molar-refractivity contribution in [3.05, 3.63) is 65.2 Å². The van der Waals surface area contributed by atoms with E-state index >= 15 is 0 Å². The van der Waals surface area contributed by atoms with E-state index in [4.69, 9.17) is 0 Å². The van der Waals surface area contributed by atoms with Crippen LogP contribution in [0.1, 0.15) is 28.9 Å². The number of hydrogen-bond donors (Lipinski definition) is 1. The van der Waals surface area contributed by atoms with E-state index in [0.717, 1.165) is 16.8 Å². The third kappa shape index (κ3) is 4.36. The molecule has 0 saturated carbocycles. The van der Waals surface area contributed by atoms with Crippen molar-refractivity contribution in [1.29, 1.82) is 0 Å². The van der Waals surface area contributed by atoms with E-state index in [1.807, 2.05) is 50.2 Å². The topological polar surface area (TPSA) is 29.1 Å². The summed E-state index contributed by atoms with van der Waals surface area (Å²) in [5.41, 5.74) is 4.40. The quantitative estimate of drug-likeness (QED) is 0.864. The number of amides is 1. The van der Waals surface area contributed by atoms with Crippen molar-refractivity contribution in [2.24, 2.45) is 0 Å². The molecular formula is C18H21NOS. The minimum atomic E-state index is 0.0557. The van der Waals surface area contributed by atoms with Gasteiger partial charge in [-0.2, -0.15) is 0 Å². The molecule has 0 unspecified atom stereocenters. The number of hydrogen-bond acceptors (Lipinski definition) is 2. The highest BCUT2D eigenvalue weighted by Gasteiger charge is 2.11. The Morgan fingerprint density at radius 1 is 1.05 bits per heavy atom. The molecule has 0 aliphatic heterocycles. The predicted octanol–water partition coefficient (Wildman–Crippen LogP) is 4.74. The molecule has 0 bridgehead atoms. The van der Waals surface area contributed by atoms with Crippen LogP contribution >= 0.6 is 11.8 Å². The highest BCUT2D eigenvalue weighted by molar-refractivity contribution is 8.00. The number of nitrogens with one attached hydrogen (secondary N) is 1. The molecule has 0 spiro atoms. The zero-order chi connectivity index (χ0) is 15.2. The monoisotopic (exact) mass is 299 g/mol. The number of thioether (sulfide) groups is 1. The Kier molecular flexibility index (Phi) is 5.45. The van der Waals surface area contributed by atoms with Crippen LogP contribution in [0.4, 0.5) is 5.69 Å². The molecule has 2 nitrogen and oxygen atoms in total. The second-order valence-electron chi connectivity index (χ2n) is 5.18. The smallest absolute Gasteiger partial charge is 0.234 e. The third-order valence-electron chi connectivity index (χ3n) is 3.48. The summed E-state index contributed by atoms with van der Waals surface area (Å²) in [5, 5.41) is 3.34. The molecular weight excluding hydrogens is 278 g/mol. The van der Waals surface area contributed by atoms with Gasteiger partial charge in [0.15, 0.2) is 0 Å². The maximum Gasteiger partial charge on any atom is 0.234 e. The fourth-order valence-corrected chi connectivity index (χ4v) is 3.03. The van der Waals surface area contributed by atoms with Crippen LogP contribution in [-0.2, 0) is 4.79 Å². The largest absolute Gasteiger partial charge is 0.325 e. The minimum absolute atomic E-state index is 0.0557. The van der Waals surface area contributed by atoms with Gasteiger partial charge < -0.3 is 5.32 Å². The van der Waals surface area contributed by atoms with Crippen molar-refractivity contribution >= 4 is 23.4 Å². The second-order valence-corrected chi connectivity index (χ2v) is 6.51. The summed E-state index contributed by atoms with van der Waals surface area (Å²) in [7, 11) is 0. The lowest BCUT2D eigenvalue weighted by Crippen LogP contribution is -2.16. The number of carbonyl (C=O) groups is 1. The molecule has 1 atom stereocenters. The standard InChI is InChI=1S/C18H21NOS/c1-13-8-7-9-14(2)18(13)19-17(20)12-21-15(3)16-10-5-4-6-11-16/h4-11,15H,12H2,1-3H3,(H,19,20)/t15-/m0/s1. The Morgan fingerprint density at radius 3 is 2.29 bits per heavy atom. The maximum absolute atomic E-state index is 12.1. The molecule has 2 aromatic carbocycles. The summed E-state index contributed by atoms with van der Waals surface area (Å²) in [6.45, 7) is 6.16. The van der Waals surface area contributed by atoms with Crippen LogP contribution in [0.15, 0.2) is 48.5 Å². The highest BCUT2D eigenvalue weighted by Crippen LogP contribution is 2.28. The van der Waals surface area contributed by atoms with Crippen LogP contribution in [0, 0.1) is 13.8 Å². The normalized spacial score (nSPS) is 12.0. The fourth-order valence-electron chi connectivity index (χ4n) is 2.21. The molecule has 1 amide bonds. The van der Waals surface area contributed by atoms with Gasteiger partial charge >= 0.3 is 0 Å². The second kappa shape index (κ2) is 7.32. The molecule has 2 aromatic rings. The molecule has 0 aliphatic rings. The Labute approximate surface area is 131 Å². The SMILES string of the molecule is Cc1cccc(C)c1NC(=O)CS[C@@H](C)c1ccccc1. The summed E-state index contributed by atoms with van der Waals surface area (Å²) in [4.78, 5) is 12.1. The van der Waals surface area contributed by atoms with E-state index in [1.165, 1.54) is 5.56 Å². The molecule has 1 N–H and O–H groups in total. The fraction of sp³-hybridized carbons (Fsp3) is 0.278. The molecule has 2 rings (SSSR count). The Hall–Kier alpha value is -1.74. The first kappa shape index (κ1) is 15.6. The van der Waals surface area contributed by atoms with E-state index in [0.29, 0.717) is 11.0 Å². The van der Waals surface area contributed by atoms with Crippen molar-refractivity contribution in [3.8, 4) is 0 Å². The number of para-hydroxylation sites is 1. The zero-order valence-corrected chi connectivity index (χ0v) is 13.5. The summed E-state index contributed by atoms with van der Waals surface area (Å²) in [5.74, 6) is 0.518. The first-order chi connectivity index (χ1) is 10.1. The van der Waals surface area contributed by atoms with Crippen molar-refractivity contribution in [2.75, 3.05) is 11.1 Å². The van der Waals surface area contributed by atoms with Crippen LogP contribution < -0.4 is 5.32 Å². The summed E-state index contributed by atoms with van der Waals surface area (Å²) < 4.78 is 0. The van der Waals surface area contributed by atoms with E-state index in [2.05, 4.69) is 24.4 Å². The van der Waals surface area contributed by atoms with Crippen molar-refractivity contribution < 1.29 is 4.79 Å². The number of aryl methyl sites for hydroxylation is 2. The van der Waals surface area contributed by atoms with Crippen LogP contribution in [0.5, 0.6) is 0 Å². The number of benzene rings is 2. The predicted molar refractivity (Wildman–Crippen MR) is 91.9 cm³/mol.